The molecule has 0 heterocycles. The van der Waals surface area contributed by atoms with Gasteiger partial charge in [-0.15, -0.1) is 0 Å². The molecule has 0 saturated carbocycles. The minimum absolute atomic E-state index is 0.0832. The zero-order chi connectivity index (χ0) is 17.2. The van der Waals surface area contributed by atoms with Crippen molar-refractivity contribution in [1.82, 2.24) is 10.2 Å². The Hall–Kier alpha value is -1.26. The van der Waals surface area contributed by atoms with Crippen molar-refractivity contribution >= 4 is 17.5 Å². The van der Waals surface area contributed by atoms with Gasteiger partial charge in [0.25, 0.3) is 0 Å². The van der Waals surface area contributed by atoms with E-state index in [1.165, 1.54) is 0 Å². The molecule has 0 aliphatic carbocycles. The van der Waals surface area contributed by atoms with Crippen LogP contribution in [0.3, 0.4) is 0 Å². The van der Waals surface area contributed by atoms with Crippen molar-refractivity contribution in [3.05, 3.63) is 28.8 Å². The molecule has 0 aliphatic heterocycles. The van der Waals surface area contributed by atoms with Crippen molar-refractivity contribution in [2.75, 3.05) is 26.2 Å². The fourth-order valence-electron chi connectivity index (χ4n) is 2.46. The smallest absolute Gasteiger partial charge is 0.220 e. The third-order valence-electron chi connectivity index (χ3n) is 3.98. The van der Waals surface area contributed by atoms with Crippen molar-refractivity contribution < 1.29 is 9.53 Å². The number of hydrogen-bond donors (Lipinski definition) is 1. The lowest BCUT2D eigenvalue weighted by atomic mass is 10.2. The summed E-state index contributed by atoms with van der Waals surface area (Å²) in [4.78, 5) is 14.2. The summed E-state index contributed by atoms with van der Waals surface area (Å²) < 4.78 is 5.64. The number of amides is 1. The van der Waals surface area contributed by atoms with Crippen molar-refractivity contribution in [2.24, 2.45) is 0 Å². The van der Waals surface area contributed by atoms with Crippen LogP contribution in [-0.4, -0.2) is 43.1 Å². The Bertz CT molecular complexity index is 490. The second-order valence-electron chi connectivity index (χ2n) is 5.74. The van der Waals surface area contributed by atoms with Gasteiger partial charge in [0.15, 0.2) is 0 Å². The predicted molar refractivity (Wildman–Crippen MR) is 96.3 cm³/mol. The molecule has 1 atom stereocenters. The van der Waals surface area contributed by atoms with Crippen LogP contribution in [0.25, 0.3) is 0 Å². The van der Waals surface area contributed by atoms with Crippen molar-refractivity contribution in [1.29, 1.82) is 0 Å². The second kappa shape index (κ2) is 10.5. The highest BCUT2D eigenvalue weighted by molar-refractivity contribution is 6.31. The van der Waals surface area contributed by atoms with E-state index in [0.29, 0.717) is 32.0 Å². The molecule has 1 N–H and O–H groups in total. The third kappa shape index (κ3) is 7.23. The number of rotatable bonds is 10. The van der Waals surface area contributed by atoms with Gasteiger partial charge in [-0.1, -0.05) is 25.4 Å². The average Bonchev–Trinajstić information content (AvgIpc) is 2.54. The van der Waals surface area contributed by atoms with Crippen LogP contribution in [0, 0.1) is 6.92 Å². The number of carbonyl (C=O) groups is 1. The fraction of sp³-hybridized carbons (Fsp3) is 0.611. The number of nitrogens with zero attached hydrogens (tertiary/aromatic N) is 1. The first kappa shape index (κ1) is 19.8. The monoisotopic (exact) mass is 340 g/mol. The number of carbonyl (C=O) groups excluding carboxylic acids is 1. The zero-order valence-corrected chi connectivity index (χ0v) is 15.4. The summed E-state index contributed by atoms with van der Waals surface area (Å²) in [6, 6.07) is 5.95. The molecule has 1 rings (SSSR count). The van der Waals surface area contributed by atoms with E-state index in [1.54, 1.807) is 0 Å². The van der Waals surface area contributed by atoms with Gasteiger partial charge in [-0.25, -0.2) is 0 Å². The van der Waals surface area contributed by atoms with E-state index < -0.39 is 0 Å². The van der Waals surface area contributed by atoms with Gasteiger partial charge in [0.2, 0.25) is 5.91 Å². The number of ether oxygens (including phenoxy) is 1. The van der Waals surface area contributed by atoms with Crippen molar-refractivity contribution in [2.45, 2.75) is 46.6 Å². The molecule has 0 spiro atoms. The minimum atomic E-state index is 0.0832. The lowest BCUT2D eigenvalue weighted by Crippen LogP contribution is -2.42. The molecule has 130 valence electrons. The molecule has 0 saturated heterocycles. The third-order valence-corrected chi connectivity index (χ3v) is 4.40. The predicted octanol–water partition coefficient (Wildman–Crippen LogP) is 3.65. The highest BCUT2D eigenvalue weighted by Crippen LogP contribution is 2.21. The van der Waals surface area contributed by atoms with Gasteiger partial charge < -0.3 is 10.1 Å². The number of nitrogens with one attached hydrogen (secondary N) is 1. The first-order valence-corrected chi connectivity index (χ1v) is 8.75. The molecule has 5 heteroatoms. The van der Waals surface area contributed by atoms with Crippen LogP contribution in [0.15, 0.2) is 18.2 Å². The summed E-state index contributed by atoms with van der Waals surface area (Å²) in [6.45, 7) is 11.6. The Morgan fingerprint density at radius 1 is 1.35 bits per heavy atom. The number of halogens is 1. The van der Waals surface area contributed by atoms with Gasteiger partial charge in [-0.05, 0) is 57.1 Å². The highest BCUT2D eigenvalue weighted by atomic mass is 35.5. The van der Waals surface area contributed by atoms with E-state index in [0.717, 1.165) is 29.4 Å². The van der Waals surface area contributed by atoms with Crippen LogP contribution in [0.5, 0.6) is 5.75 Å². The molecule has 0 aliphatic rings. The molecule has 1 aromatic carbocycles. The highest BCUT2D eigenvalue weighted by Gasteiger charge is 2.11. The largest absolute Gasteiger partial charge is 0.494 e. The lowest BCUT2D eigenvalue weighted by Gasteiger charge is -2.26. The summed E-state index contributed by atoms with van der Waals surface area (Å²) in [5.74, 6) is 0.877. The molecular weight excluding hydrogens is 312 g/mol. The first-order chi connectivity index (χ1) is 11.0. The first-order valence-electron chi connectivity index (χ1n) is 8.37. The number of aryl methyl sites for hydroxylation is 1. The molecule has 1 unspecified atom stereocenters. The van der Waals surface area contributed by atoms with E-state index in [4.69, 9.17) is 16.3 Å². The van der Waals surface area contributed by atoms with Crippen LogP contribution in [0.2, 0.25) is 5.02 Å². The summed E-state index contributed by atoms with van der Waals surface area (Å²) in [5, 5.41) is 3.73. The van der Waals surface area contributed by atoms with Gasteiger partial charge in [-0.2, -0.15) is 0 Å². The minimum Gasteiger partial charge on any atom is -0.494 e. The summed E-state index contributed by atoms with van der Waals surface area (Å²) in [7, 11) is 0. The SMILES string of the molecule is CCN(CC)C(C)CNC(=O)CCCOc1ccc(Cl)c(C)c1. The van der Waals surface area contributed by atoms with Crippen LogP contribution >= 0.6 is 11.6 Å². The Balaban J connectivity index is 2.20. The summed E-state index contributed by atoms with van der Waals surface area (Å²) >= 11 is 5.98. The van der Waals surface area contributed by atoms with Gasteiger partial charge in [0, 0.05) is 24.0 Å². The lowest BCUT2D eigenvalue weighted by molar-refractivity contribution is -0.121. The summed E-state index contributed by atoms with van der Waals surface area (Å²) in [6.07, 6.45) is 1.19. The van der Waals surface area contributed by atoms with Crippen LogP contribution < -0.4 is 10.1 Å². The Kier molecular flexibility index (Phi) is 9.03. The second-order valence-corrected chi connectivity index (χ2v) is 6.14. The van der Waals surface area contributed by atoms with Gasteiger partial charge in [0.05, 0.1) is 6.61 Å². The van der Waals surface area contributed by atoms with Crippen LogP contribution in [-0.2, 0) is 4.79 Å². The molecular formula is C18H29ClN2O2. The number of hydrogen-bond acceptors (Lipinski definition) is 3. The van der Waals surface area contributed by atoms with Crippen molar-refractivity contribution in [3.8, 4) is 5.75 Å². The van der Waals surface area contributed by atoms with Crippen molar-refractivity contribution in [3.63, 3.8) is 0 Å². The van der Waals surface area contributed by atoms with Crippen LogP contribution in [0.1, 0.15) is 39.2 Å². The Morgan fingerprint density at radius 2 is 2.04 bits per heavy atom. The Morgan fingerprint density at radius 3 is 2.65 bits per heavy atom. The molecule has 1 amide bonds. The molecule has 4 nitrogen and oxygen atoms in total. The maximum Gasteiger partial charge on any atom is 0.220 e. The summed E-state index contributed by atoms with van der Waals surface area (Å²) in [5.41, 5.74) is 0.993. The molecule has 1 aromatic rings. The zero-order valence-electron chi connectivity index (χ0n) is 14.7. The van der Waals surface area contributed by atoms with Gasteiger partial charge in [0.1, 0.15) is 5.75 Å². The van der Waals surface area contributed by atoms with E-state index in [9.17, 15) is 4.79 Å². The maximum atomic E-state index is 11.9. The van der Waals surface area contributed by atoms with E-state index in [1.807, 2.05) is 25.1 Å². The number of benzene rings is 1. The van der Waals surface area contributed by atoms with Crippen LogP contribution in [0.4, 0.5) is 0 Å². The molecule has 0 aromatic heterocycles. The van der Waals surface area contributed by atoms with E-state index in [2.05, 4.69) is 31.0 Å². The topological polar surface area (TPSA) is 41.6 Å². The molecule has 0 bridgehead atoms. The fourth-order valence-corrected chi connectivity index (χ4v) is 2.57. The normalized spacial score (nSPS) is 12.3. The van der Waals surface area contributed by atoms with Gasteiger partial charge >= 0.3 is 0 Å². The quantitative estimate of drug-likeness (QED) is 0.661. The maximum absolute atomic E-state index is 11.9. The molecule has 0 fully saturated rings. The van der Waals surface area contributed by atoms with E-state index in [-0.39, 0.29) is 5.91 Å². The number of likely N-dealkylation sites (N-methyl/N-ethyl adjacent to an activating group) is 1. The standard InChI is InChI=1S/C18H29ClN2O2/c1-5-21(6-2)15(4)13-20-18(22)8-7-11-23-16-9-10-17(19)14(3)12-16/h9-10,12,15H,5-8,11,13H2,1-4H3,(H,20,22). The molecule has 0 radical (unpaired) electrons. The molecule has 23 heavy (non-hydrogen) atoms. The Labute approximate surface area is 145 Å². The van der Waals surface area contributed by atoms with E-state index >= 15 is 0 Å². The average molecular weight is 341 g/mol. The van der Waals surface area contributed by atoms with Gasteiger partial charge in [-0.3, -0.25) is 9.69 Å².